The molecule has 2 aromatic rings. The predicted molar refractivity (Wildman–Crippen MR) is 127 cm³/mol. The van der Waals surface area contributed by atoms with Gasteiger partial charge in [-0.2, -0.15) is 0 Å². The Labute approximate surface area is 191 Å². The molecule has 2 rings (SSSR count). The Bertz CT molecular complexity index is 843. The molecule has 0 saturated carbocycles. The zero-order valence-corrected chi connectivity index (χ0v) is 20.3. The molecular formula is C23H29BrN2O3S. The summed E-state index contributed by atoms with van der Waals surface area (Å²) in [5.74, 6) is 1.63. The van der Waals surface area contributed by atoms with Crippen LogP contribution in [-0.2, 0) is 21.9 Å². The van der Waals surface area contributed by atoms with Crippen molar-refractivity contribution in [1.82, 2.24) is 10.2 Å². The molecule has 0 heterocycles. The van der Waals surface area contributed by atoms with E-state index in [-0.39, 0.29) is 17.9 Å². The number of halogens is 1. The van der Waals surface area contributed by atoms with E-state index in [0.29, 0.717) is 18.1 Å². The van der Waals surface area contributed by atoms with Crippen LogP contribution in [0.25, 0.3) is 0 Å². The second-order valence-corrected chi connectivity index (χ2v) is 9.23. The maximum atomic E-state index is 13.0. The monoisotopic (exact) mass is 492 g/mol. The van der Waals surface area contributed by atoms with Crippen molar-refractivity contribution in [3.63, 3.8) is 0 Å². The number of amides is 2. The van der Waals surface area contributed by atoms with E-state index >= 15 is 0 Å². The van der Waals surface area contributed by atoms with Crippen LogP contribution in [0.15, 0.2) is 53.0 Å². The molecule has 1 unspecified atom stereocenters. The van der Waals surface area contributed by atoms with Crippen molar-refractivity contribution >= 4 is 39.5 Å². The van der Waals surface area contributed by atoms with Crippen LogP contribution in [0.1, 0.15) is 31.9 Å². The number of carbonyl (C=O) groups excluding carboxylic acids is 2. The van der Waals surface area contributed by atoms with Gasteiger partial charge in [0.1, 0.15) is 11.8 Å². The van der Waals surface area contributed by atoms with Crippen LogP contribution >= 0.6 is 27.7 Å². The van der Waals surface area contributed by atoms with Gasteiger partial charge in [0.25, 0.3) is 0 Å². The minimum atomic E-state index is -0.555. The Morgan fingerprint density at radius 1 is 1.10 bits per heavy atom. The zero-order chi connectivity index (χ0) is 22.1. The second-order valence-electron chi connectivity index (χ2n) is 7.33. The molecule has 2 amide bonds. The van der Waals surface area contributed by atoms with Crippen molar-refractivity contribution < 1.29 is 14.3 Å². The van der Waals surface area contributed by atoms with Gasteiger partial charge in [-0.1, -0.05) is 40.2 Å². The van der Waals surface area contributed by atoms with Crippen molar-refractivity contribution in [3.05, 3.63) is 64.1 Å². The van der Waals surface area contributed by atoms with Crippen LogP contribution in [0.3, 0.4) is 0 Å². The summed E-state index contributed by atoms with van der Waals surface area (Å²) in [6, 6.07) is 15.1. The van der Waals surface area contributed by atoms with Gasteiger partial charge in [-0.25, -0.2) is 0 Å². The van der Waals surface area contributed by atoms with Gasteiger partial charge in [0.2, 0.25) is 11.8 Å². The molecule has 0 spiro atoms. The number of methoxy groups -OCH3 is 1. The third-order valence-electron chi connectivity index (χ3n) is 4.49. The van der Waals surface area contributed by atoms with Crippen molar-refractivity contribution in [2.24, 2.45) is 0 Å². The first-order chi connectivity index (χ1) is 14.3. The highest BCUT2D eigenvalue weighted by atomic mass is 79.9. The van der Waals surface area contributed by atoms with E-state index in [9.17, 15) is 9.59 Å². The molecule has 0 aliphatic carbocycles. The molecule has 0 aromatic heterocycles. The molecule has 5 nitrogen and oxygen atoms in total. The standard InChI is InChI=1S/C23H29BrN2O3S/c1-16(2)25-23(28)17(3)26(13-19-6-5-7-20(24)12-19)22(27)15-30-14-18-8-10-21(29-4)11-9-18/h5-12,16-17H,13-15H2,1-4H3,(H,25,28). The van der Waals surface area contributed by atoms with Gasteiger partial charge in [0, 0.05) is 22.8 Å². The van der Waals surface area contributed by atoms with E-state index in [2.05, 4.69) is 21.2 Å². The normalized spacial score (nSPS) is 11.8. The van der Waals surface area contributed by atoms with Crippen molar-refractivity contribution in [1.29, 1.82) is 0 Å². The Morgan fingerprint density at radius 3 is 2.40 bits per heavy atom. The Morgan fingerprint density at radius 2 is 1.80 bits per heavy atom. The first kappa shape index (κ1) is 24.3. The molecule has 0 aliphatic heterocycles. The van der Waals surface area contributed by atoms with Gasteiger partial charge in [0.05, 0.1) is 12.9 Å². The lowest BCUT2D eigenvalue weighted by molar-refractivity contribution is -0.138. The number of ether oxygens (including phenoxy) is 1. The Hall–Kier alpha value is -1.99. The lowest BCUT2D eigenvalue weighted by atomic mass is 10.1. The molecule has 0 bridgehead atoms. The number of nitrogens with one attached hydrogen (secondary N) is 1. The number of rotatable bonds is 10. The average Bonchev–Trinajstić information content (AvgIpc) is 2.71. The highest BCUT2D eigenvalue weighted by molar-refractivity contribution is 9.10. The highest BCUT2D eigenvalue weighted by Crippen LogP contribution is 2.19. The second kappa shape index (κ2) is 12.0. The van der Waals surface area contributed by atoms with E-state index < -0.39 is 6.04 Å². The maximum Gasteiger partial charge on any atom is 0.242 e. The van der Waals surface area contributed by atoms with Gasteiger partial charge >= 0.3 is 0 Å². The van der Waals surface area contributed by atoms with E-state index in [4.69, 9.17) is 4.74 Å². The molecule has 162 valence electrons. The number of hydrogen-bond acceptors (Lipinski definition) is 4. The van der Waals surface area contributed by atoms with Gasteiger partial charge < -0.3 is 15.0 Å². The minimum Gasteiger partial charge on any atom is -0.497 e. The molecule has 1 N–H and O–H groups in total. The van der Waals surface area contributed by atoms with Crippen LogP contribution in [0.5, 0.6) is 5.75 Å². The van der Waals surface area contributed by atoms with E-state index in [1.54, 1.807) is 18.9 Å². The largest absolute Gasteiger partial charge is 0.497 e. The Balaban J connectivity index is 2.05. The number of thioether (sulfide) groups is 1. The lowest BCUT2D eigenvalue weighted by Crippen LogP contribution is -2.49. The van der Waals surface area contributed by atoms with E-state index in [0.717, 1.165) is 21.3 Å². The fraction of sp³-hybridized carbons (Fsp3) is 0.391. The summed E-state index contributed by atoms with van der Waals surface area (Å²) >= 11 is 5.01. The number of nitrogens with zero attached hydrogens (tertiary/aromatic N) is 1. The van der Waals surface area contributed by atoms with Crippen LogP contribution in [0.2, 0.25) is 0 Å². The average molecular weight is 493 g/mol. The van der Waals surface area contributed by atoms with E-state index in [1.165, 1.54) is 11.8 Å². The summed E-state index contributed by atoms with van der Waals surface area (Å²) in [7, 11) is 1.64. The number of benzene rings is 2. The third kappa shape index (κ3) is 7.69. The molecule has 1 atom stereocenters. The van der Waals surface area contributed by atoms with Gasteiger partial charge in [-0.3, -0.25) is 9.59 Å². The highest BCUT2D eigenvalue weighted by Gasteiger charge is 2.26. The van der Waals surface area contributed by atoms with E-state index in [1.807, 2.05) is 62.4 Å². The van der Waals surface area contributed by atoms with Gasteiger partial charge in [0.15, 0.2) is 0 Å². The van der Waals surface area contributed by atoms with Crippen LogP contribution in [0, 0.1) is 0 Å². The summed E-state index contributed by atoms with van der Waals surface area (Å²) in [5.41, 5.74) is 2.10. The third-order valence-corrected chi connectivity index (χ3v) is 5.98. The summed E-state index contributed by atoms with van der Waals surface area (Å²) in [4.78, 5) is 27.3. The number of carbonyl (C=O) groups is 2. The zero-order valence-electron chi connectivity index (χ0n) is 17.9. The first-order valence-corrected chi connectivity index (χ1v) is 11.8. The Kier molecular flexibility index (Phi) is 9.72. The fourth-order valence-electron chi connectivity index (χ4n) is 2.88. The molecule has 7 heteroatoms. The molecule has 30 heavy (non-hydrogen) atoms. The molecule has 0 fully saturated rings. The fourth-order valence-corrected chi connectivity index (χ4v) is 4.20. The van der Waals surface area contributed by atoms with Crippen molar-refractivity contribution in [3.8, 4) is 5.75 Å². The predicted octanol–water partition coefficient (Wildman–Crippen LogP) is 4.63. The van der Waals surface area contributed by atoms with Crippen molar-refractivity contribution in [2.45, 2.75) is 45.2 Å². The SMILES string of the molecule is COc1ccc(CSCC(=O)N(Cc2cccc(Br)c2)C(C)C(=O)NC(C)C)cc1. The quantitative estimate of drug-likeness (QED) is 0.524. The molecule has 2 aromatic carbocycles. The molecule has 0 radical (unpaired) electrons. The summed E-state index contributed by atoms with van der Waals surface area (Å²) in [6.07, 6.45) is 0. The van der Waals surface area contributed by atoms with Gasteiger partial charge in [-0.15, -0.1) is 11.8 Å². The number of hydrogen-bond donors (Lipinski definition) is 1. The van der Waals surface area contributed by atoms with Crippen LogP contribution in [0.4, 0.5) is 0 Å². The molecule has 0 aliphatic rings. The summed E-state index contributed by atoms with van der Waals surface area (Å²) in [5, 5.41) is 2.91. The first-order valence-electron chi connectivity index (χ1n) is 9.85. The minimum absolute atomic E-state index is 0.0206. The summed E-state index contributed by atoms with van der Waals surface area (Å²) < 4.78 is 6.12. The van der Waals surface area contributed by atoms with Crippen LogP contribution < -0.4 is 10.1 Å². The van der Waals surface area contributed by atoms with Crippen molar-refractivity contribution in [2.75, 3.05) is 12.9 Å². The molecular weight excluding hydrogens is 464 g/mol. The summed E-state index contributed by atoms with van der Waals surface area (Å²) in [6.45, 7) is 5.99. The van der Waals surface area contributed by atoms with Crippen LogP contribution in [-0.4, -0.2) is 41.7 Å². The molecule has 0 saturated heterocycles. The topological polar surface area (TPSA) is 58.6 Å². The smallest absolute Gasteiger partial charge is 0.242 e. The maximum absolute atomic E-state index is 13.0. The lowest BCUT2D eigenvalue weighted by Gasteiger charge is -2.29. The van der Waals surface area contributed by atoms with Gasteiger partial charge in [-0.05, 0) is 56.2 Å².